The van der Waals surface area contributed by atoms with E-state index in [4.69, 9.17) is 5.73 Å². The third-order valence-electron chi connectivity index (χ3n) is 3.96. The predicted octanol–water partition coefficient (Wildman–Crippen LogP) is 4.67. The Morgan fingerprint density at radius 3 is 2.53 bits per heavy atom. The molecule has 0 radical (unpaired) electrons. The van der Waals surface area contributed by atoms with Crippen LogP contribution in [0.3, 0.4) is 0 Å². The van der Waals surface area contributed by atoms with Crippen molar-refractivity contribution in [3.63, 3.8) is 0 Å². The van der Waals surface area contributed by atoms with Gasteiger partial charge in [0.15, 0.2) is 0 Å². The molecule has 0 saturated heterocycles. The van der Waals surface area contributed by atoms with E-state index in [1.54, 1.807) is 0 Å². The Bertz CT molecular complexity index is 323. The molecule has 0 aliphatic heterocycles. The summed E-state index contributed by atoms with van der Waals surface area (Å²) in [6.07, 6.45) is 10.9. The number of nitrogens with two attached hydrogens (primary N) is 1. The molecule has 1 aliphatic rings. The largest absolute Gasteiger partial charge is 0.323 e. The van der Waals surface area contributed by atoms with E-state index in [-0.39, 0.29) is 6.04 Å². The van der Waals surface area contributed by atoms with E-state index >= 15 is 0 Å². The molecule has 17 heavy (non-hydrogen) atoms. The molecule has 0 spiro atoms. The van der Waals surface area contributed by atoms with Crippen molar-refractivity contribution in [2.45, 2.75) is 64.3 Å². The highest BCUT2D eigenvalue weighted by Crippen LogP contribution is 2.32. The van der Waals surface area contributed by atoms with Gasteiger partial charge in [-0.25, -0.2) is 0 Å². The van der Waals surface area contributed by atoms with Crippen LogP contribution >= 0.6 is 11.3 Å². The minimum atomic E-state index is 0.281. The third kappa shape index (κ3) is 3.82. The highest BCUT2D eigenvalue weighted by molar-refractivity contribution is 7.12. The molecule has 1 aromatic heterocycles. The minimum absolute atomic E-state index is 0.281. The van der Waals surface area contributed by atoms with Crippen molar-refractivity contribution in [1.29, 1.82) is 0 Å². The lowest BCUT2D eigenvalue weighted by molar-refractivity contribution is 0.395. The second kappa shape index (κ2) is 6.55. The minimum Gasteiger partial charge on any atom is -0.323 e. The summed E-state index contributed by atoms with van der Waals surface area (Å²) in [5, 5.41) is 0. The molecule has 1 aromatic rings. The van der Waals surface area contributed by atoms with E-state index < -0.39 is 0 Å². The molecule has 1 nitrogen and oxygen atoms in total. The molecule has 0 bridgehead atoms. The zero-order valence-electron chi connectivity index (χ0n) is 11.0. The van der Waals surface area contributed by atoms with Gasteiger partial charge in [-0.05, 0) is 30.9 Å². The molecular weight excluding hydrogens is 226 g/mol. The van der Waals surface area contributed by atoms with Crippen molar-refractivity contribution in [3.8, 4) is 0 Å². The first-order valence-corrected chi connectivity index (χ1v) is 7.95. The Kier molecular flexibility index (Phi) is 5.05. The summed E-state index contributed by atoms with van der Waals surface area (Å²) in [4.78, 5) is 2.86. The van der Waals surface area contributed by atoms with E-state index in [1.165, 1.54) is 54.7 Å². The SMILES string of the molecule is CCc1ccc(C(N)CC2CCCCCC2)s1. The van der Waals surface area contributed by atoms with E-state index in [2.05, 4.69) is 19.1 Å². The summed E-state index contributed by atoms with van der Waals surface area (Å²) in [7, 11) is 0. The Morgan fingerprint density at radius 2 is 1.94 bits per heavy atom. The van der Waals surface area contributed by atoms with Crippen molar-refractivity contribution >= 4 is 11.3 Å². The standard InChI is InChI=1S/C15H25NS/c1-2-13-9-10-15(17-13)14(16)11-12-7-5-3-4-6-8-12/h9-10,12,14H,2-8,11,16H2,1H3. The fourth-order valence-electron chi connectivity index (χ4n) is 2.86. The first kappa shape index (κ1) is 13.1. The van der Waals surface area contributed by atoms with Crippen molar-refractivity contribution in [3.05, 3.63) is 21.9 Å². The smallest absolute Gasteiger partial charge is 0.0392 e. The van der Waals surface area contributed by atoms with Crippen LogP contribution in [0.2, 0.25) is 0 Å². The molecule has 1 heterocycles. The van der Waals surface area contributed by atoms with Gasteiger partial charge >= 0.3 is 0 Å². The fraction of sp³-hybridized carbons (Fsp3) is 0.733. The maximum absolute atomic E-state index is 6.36. The van der Waals surface area contributed by atoms with Crippen molar-refractivity contribution < 1.29 is 0 Å². The Labute approximate surface area is 109 Å². The highest BCUT2D eigenvalue weighted by atomic mass is 32.1. The normalized spacial score (nSPS) is 20.1. The Morgan fingerprint density at radius 1 is 1.24 bits per heavy atom. The molecular formula is C15H25NS. The van der Waals surface area contributed by atoms with Crippen molar-refractivity contribution in [1.82, 2.24) is 0 Å². The summed E-state index contributed by atoms with van der Waals surface area (Å²) in [6.45, 7) is 2.21. The van der Waals surface area contributed by atoms with Crippen molar-refractivity contribution in [2.75, 3.05) is 0 Å². The van der Waals surface area contributed by atoms with Gasteiger partial charge in [0.25, 0.3) is 0 Å². The first-order valence-electron chi connectivity index (χ1n) is 7.13. The van der Waals surface area contributed by atoms with E-state index in [0.717, 1.165) is 12.3 Å². The van der Waals surface area contributed by atoms with Crippen LogP contribution in [0, 0.1) is 5.92 Å². The number of hydrogen-bond acceptors (Lipinski definition) is 2. The topological polar surface area (TPSA) is 26.0 Å². The van der Waals surface area contributed by atoms with Gasteiger partial charge in [0, 0.05) is 15.8 Å². The summed E-state index contributed by atoms with van der Waals surface area (Å²) >= 11 is 1.91. The van der Waals surface area contributed by atoms with Crippen LogP contribution in [-0.2, 0) is 6.42 Å². The molecule has 0 aromatic carbocycles. The fourth-order valence-corrected chi connectivity index (χ4v) is 3.83. The quantitative estimate of drug-likeness (QED) is 0.773. The highest BCUT2D eigenvalue weighted by Gasteiger charge is 2.17. The number of rotatable bonds is 4. The van der Waals surface area contributed by atoms with Gasteiger partial charge in [-0.3, -0.25) is 0 Å². The van der Waals surface area contributed by atoms with Crippen LogP contribution in [-0.4, -0.2) is 0 Å². The first-order chi connectivity index (χ1) is 8.29. The van der Waals surface area contributed by atoms with E-state index in [9.17, 15) is 0 Å². The number of thiophene rings is 1. The molecule has 1 fully saturated rings. The van der Waals surface area contributed by atoms with Crippen LogP contribution in [0.15, 0.2) is 12.1 Å². The van der Waals surface area contributed by atoms with Gasteiger partial charge < -0.3 is 5.73 Å². The lowest BCUT2D eigenvalue weighted by Gasteiger charge is -2.18. The molecule has 96 valence electrons. The molecule has 1 aliphatic carbocycles. The molecule has 2 N–H and O–H groups in total. The molecule has 2 heteroatoms. The zero-order chi connectivity index (χ0) is 12.1. The lowest BCUT2D eigenvalue weighted by atomic mass is 9.92. The van der Waals surface area contributed by atoms with Crippen molar-refractivity contribution in [2.24, 2.45) is 11.7 Å². The van der Waals surface area contributed by atoms with Gasteiger partial charge in [-0.1, -0.05) is 45.4 Å². The molecule has 2 rings (SSSR count). The van der Waals surface area contributed by atoms with Crippen LogP contribution in [0.5, 0.6) is 0 Å². The average Bonchev–Trinajstić information content (AvgIpc) is 2.68. The Balaban J connectivity index is 1.88. The van der Waals surface area contributed by atoms with Gasteiger partial charge in [-0.15, -0.1) is 11.3 Å². The van der Waals surface area contributed by atoms with Crippen LogP contribution in [0.1, 0.15) is 67.7 Å². The molecule has 1 saturated carbocycles. The number of aryl methyl sites for hydroxylation is 1. The maximum Gasteiger partial charge on any atom is 0.0392 e. The molecule has 1 unspecified atom stereocenters. The van der Waals surface area contributed by atoms with Gasteiger partial charge in [0.1, 0.15) is 0 Å². The van der Waals surface area contributed by atoms with Crippen LogP contribution in [0.25, 0.3) is 0 Å². The summed E-state index contributed by atoms with van der Waals surface area (Å²) < 4.78 is 0. The Hall–Kier alpha value is -0.340. The average molecular weight is 251 g/mol. The van der Waals surface area contributed by atoms with Crippen LogP contribution in [0.4, 0.5) is 0 Å². The summed E-state index contributed by atoms with van der Waals surface area (Å²) in [5.41, 5.74) is 6.36. The second-order valence-corrected chi connectivity index (χ2v) is 6.56. The summed E-state index contributed by atoms with van der Waals surface area (Å²) in [5.74, 6) is 0.875. The van der Waals surface area contributed by atoms with Gasteiger partial charge in [0.2, 0.25) is 0 Å². The monoisotopic (exact) mass is 251 g/mol. The van der Waals surface area contributed by atoms with E-state index in [1.807, 2.05) is 11.3 Å². The van der Waals surface area contributed by atoms with Gasteiger partial charge in [-0.2, -0.15) is 0 Å². The van der Waals surface area contributed by atoms with E-state index in [0.29, 0.717) is 0 Å². The third-order valence-corrected chi connectivity index (χ3v) is 5.32. The molecule has 1 atom stereocenters. The maximum atomic E-state index is 6.36. The second-order valence-electron chi connectivity index (χ2n) is 5.36. The number of hydrogen-bond donors (Lipinski definition) is 1. The van der Waals surface area contributed by atoms with Gasteiger partial charge in [0.05, 0.1) is 0 Å². The molecule has 0 amide bonds. The lowest BCUT2D eigenvalue weighted by Crippen LogP contribution is -2.14. The predicted molar refractivity (Wildman–Crippen MR) is 76.4 cm³/mol. The van der Waals surface area contributed by atoms with Crippen LogP contribution < -0.4 is 5.73 Å². The zero-order valence-corrected chi connectivity index (χ0v) is 11.8. The summed E-state index contributed by atoms with van der Waals surface area (Å²) in [6, 6.07) is 4.76.